The summed E-state index contributed by atoms with van der Waals surface area (Å²) in [6.07, 6.45) is 1.85. The molecule has 0 amide bonds. The molecule has 124 valence electrons. The van der Waals surface area contributed by atoms with Crippen LogP contribution in [0, 0.1) is 11.3 Å². The fourth-order valence-electron chi connectivity index (χ4n) is 3.37. The fraction of sp³-hybridized carbons (Fsp3) is 0.250. The molecule has 0 N–H and O–H groups in total. The van der Waals surface area contributed by atoms with Gasteiger partial charge in [0.25, 0.3) is 0 Å². The van der Waals surface area contributed by atoms with E-state index in [1.165, 1.54) is 11.1 Å². The predicted octanol–water partition coefficient (Wildman–Crippen LogP) is 3.26. The number of aromatic nitrogens is 3. The van der Waals surface area contributed by atoms with Crippen molar-refractivity contribution in [2.24, 2.45) is 0 Å². The zero-order valence-electron chi connectivity index (χ0n) is 14.2. The maximum absolute atomic E-state index is 9.54. The van der Waals surface area contributed by atoms with Crippen molar-refractivity contribution in [1.82, 2.24) is 15.0 Å². The maximum Gasteiger partial charge on any atom is 0.207 e. The first-order valence-corrected chi connectivity index (χ1v) is 8.57. The average Bonchev–Trinajstić information content (AvgIpc) is 3.12. The standard InChI is InChI=1S/C20H19N5/c1-2-15-7-5-6-10-19(15)25-22-18(13-21)20(23-25)24-12-11-16-8-3-4-9-17(16)14-24/h3-10H,2,11-12,14H2,1H3. The van der Waals surface area contributed by atoms with Gasteiger partial charge in [-0.1, -0.05) is 49.4 Å². The van der Waals surface area contributed by atoms with E-state index in [-0.39, 0.29) is 0 Å². The van der Waals surface area contributed by atoms with E-state index in [4.69, 9.17) is 0 Å². The summed E-state index contributed by atoms with van der Waals surface area (Å²) >= 11 is 0. The van der Waals surface area contributed by atoms with Crippen molar-refractivity contribution in [3.8, 4) is 11.8 Å². The Kier molecular flexibility index (Phi) is 3.95. The molecule has 3 aromatic rings. The first kappa shape index (κ1) is 15.4. The number of benzene rings is 2. The van der Waals surface area contributed by atoms with Gasteiger partial charge in [-0.25, -0.2) is 0 Å². The molecule has 0 saturated heterocycles. The van der Waals surface area contributed by atoms with Gasteiger partial charge in [-0.3, -0.25) is 0 Å². The number of hydrogen-bond donors (Lipinski definition) is 0. The molecule has 0 bridgehead atoms. The number of para-hydroxylation sites is 1. The average molecular weight is 329 g/mol. The molecule has 2 aromatic carbocycles. The second-order valence-electron chi connectivity index (χ2n) is 6.20. The summed E-state index contributed by atoms with van der Waals surface area (Å²) in [7, 11) is 0. The van der Waals surface area contributed by atoms with E-state index in [9.17, 15) is 5.26 Å². The lowest BCUT2D eigenvalue weighted by Crippen LogP contribution is -2.31. The summed E-state index contributed by atoms with van der Waals surface area (Å²) in [5, 5.41) is 18.6. The van der Waals surface area contributed by atoms with Crippen molar-refractivity contribution in [1.29, 1.82) is 5.26 Å². The fourth-order valence-corrected chi connectivity index (χ4v) is 3.37. The number of fused-ring (bicyclic) bond motifs is 1. The van der Waals surface area contributed by atoms with Crippen LogP contribution in [0.3, 0.4) is 0 Å². The normalized spacial score (nSPS) is 13.4. The van der Waals surface area contributed by atoms with E-state index in [0.717, 1.165) is 37.2 Å². The first-order valence-electron chi connectivity index (χ1n) is 8.57. The lowest BCUT2D eigenvalue weighted by molar-refractivity contribution is 0.696. The van der Waals surface area contributed by atoms with E-state index in [1.54, 1.807) is 4.80 Å². The molecule has 1 aromatic heterocycles. The Morgan fingerprint density at radius 2 is 1.80 bits per heavy atom. The first-order chi connectivity index (χ1) is 12.3. The van der Waals surface area contributed by atoms with Crippen LogP contribution in [-0.4, -0.2) is 21.5 Å². The molecule has 0 fully saturated rings. The molecule has 0 unspecified atom stereocenters. The summed E-state index contributed by atoms with van der Waals surface area (Å²) in [5.74, 6) is 0.669. The third kappa shape index (κ3) is 2.76. The quantitative estimate of drug-likeness (QED) is 0.740. The number of nitrogens with zero attached hydrogens (tertiary/aromatic N) is 5. The molecule has 5 heteroatoms. The SMILES string of the molecule is CCc1ccccc1-n1nc(C#N)c(N2CCc3ccccc3C2)n1. The summed E-state index contributed by atoms with van der Waals surface area (Å²) < 4.78 is 0. The second-order valence-corrected chi connectivity index (χ2v) is 6.20. The smallest absolute Gasteiger partial charge is 0.207 e. The number of hydrogen-bond acceptors (Lipinski definition) is 4. The van der Waals surface area contributed by atoms with E-state index in [2.05, 4.69) is 58.4 Å². The Morgan fingerprint density at radius 1 is 1.04 bits per heavy atom. The van der Waals surface area contributed by atoms with Gasteiger partial charge in [-0.2, -0.15) is 5.26 Å². The van der Waals surface area contributed by atoms with E-state index in [1.807, 2.05) is 18.2 Å². The molecule has 2 heterocycles. The molecule has 5 nitrogen and oxygen atoms in total. The lowest BCUT2D eigenvalue weighted by Gasteiger charge is -2.28. The summed E-state index contributed by atoms with van der Waals surface area (Å²) in [6.45, 7) is 3.72. The Morgan fingerprint density at radius 3 is 2.60 bits per heavy atom. The molecule has 0 saturated carbocycles. The van der Waals surface area contributed by atoms with E-state index in [0.29, 0.717) is 11.5 Å². The molecule has 1 aliphatic rings. The minimum Gasteiger partial charge on any atom is -0.348 e. The zero-order valence-corrected chi connectivity index (χ0v) is 14.2. The monoisotopic (exact) mass is 329 g/mol. The van der Waals surface area contributed by atoms with Crippen LogP contribution in [-0.2, 0) is 19.4 Å². The Balaban J connectivity index is 1.72. The lowest BCUT2D eigenvalue weighted by atomic mass is 10.00. The summed E-state index contributed by atoms with van der Waals surface area (Å²) in [5.41, 5.74) is 5.15. The van der Waals surface area contributed by atoms with Gasteiger partial charge in [0.1, 0.15) is 6.07 Å². The van der Waals surface area contributed by atoms with Crippen LogP contribution in [0.25, 0.3) is 5.69 Å². The second kappa shape index (κ2) is 6.40. The minimum atomic E-state index is 0.380. The van der Waals surface area contributed by atoms with Crippen LogP contribution < -0.4 is 4.90 Å². The zero-order chi connectivity index (χ0) is 17.2. The van der Waals surface area contributed by atoms with Gasteiger partial charge >= 0.3 is 0 Å². The molecule has 4 rings (SSSR count). The number of anilines is 1. The topological polar surface area (TPSA) is 57.7 Å². The number of aryl methyl sites for hydroxylation is 1. The maximum atomic E-state index is 9.54. The molecule has 25 heavy (non-hydrogen) atoms. The molecule has 0 spiro atoms. The Labute approximate surface area is 147 Å². The Hall–Kier alpha value is -3.13. The van der Waals surface area contributed by atoms with Crippen molar-refractivity contribution in [3.05, 3.63) is 70.9 Å². The van der Waals surface area contributed by atoms with Gasteiger partial charge in [0.15, 0.2) is 5.82 Å². The highest BCUT2D eigenvalue weighted by Crippen LogP contribution is 2.26. The van der Waals surface area contributed by atoms with Crippen LogP contribution in [0.2, 0.25) is 0 Å². The molecule has 0 atom stereocenters. The molecular formula is C20H19N5. The van der Waals surface area contributed by atoms with Crippen molar-refractivity contribution in [3.63, 3.8) is 0 Å². The highest BCUT2D eigenvalue weighted by atomic mass is 15.5. The predicted molar refractivity (Wildman–Crippen MR) is 96.6 cm³/mol. The van der Waals surface area contributed by atoms with Crippen molar-refractivity contribution >= 4 is 5.82 Å². The van der Waals surface area contributed by atoms with Gasteiger partial charge in [-0.15, -0.1) is 15.0 Å². The van der Waals surface area contributed by atoms with E-state index < -0.39 is 0 Å². The number of nitriles is 1. The van der Waals surface area contributed by atoms with Crippen molar-refractivity contribution in [2.45, 2.75) is 26.3 Å². The summed E-state index contributed by atoms with van der Waals surface area (Å²) in [6, 6.07) is 18.7. The molecular weight excluding hydrogens is 310 g/mol. The van der Waals surface area contributed by atoms with Gasteiger partial charge in [0, 0.05) is 13.1 Å². The highest BCUT2D eigenvalue weighted by molar-refractivity contribution is 5.53. The molecule has 0 radical (unpaired) electrons. The van der Waals surface area contributed by atoms with Gasteiger partial charge < -0.3 is 4.90 Å². The van der Waals surface area contributed by atoms with E-state index >= 15 is 0 Å². The van der Waals surface area contributed by atoms with Crippen molar-refractivity contribution < 1.29 is 0 Å². The van der Waals surface area contributed by atoms with Gasteiger partial charge in [-0.05, 0) is 35.6 Å². The third-order valence-electron chi connectivity index (χ3n) is 4.72. The Bertz CT molecular complexity index is 951. The highest BCUT2D eigenvalue weighted by Gasteiger charge is 2.23. The van der Waals surface area contributed by atoms with Crippen LogP contribution in [0.1, 0.15) is 29.3 Å². The molecule has 1 aliphatic heterocycles. The van der Waals surface area contributed by atoms with Crippen LogP contribution >= 0.6 is 0 Å². The van der Waals surface area contributed by atoms with Crippen LogP contribution in [0.15, 0.2) is 48.5 Å². The minimum absolute atomic E-state index is 0.380. The molecule has 0 aliphatic carbocycles. The van der Waals surface area contributed by atoms with Crippen molar-refractivity contribution in [2.75, 3.05) is 11.4 Å². The van der Waals surface area contributed by atoms with Crippen LogP contribution in [0.5, 0.6) is 0 Å². The number of rotatable bonds is 3. The summed E-state index contributed by atoms with van der Waals surface area (Å²) in [4.78, 5) is 3.76. The van der Waals surface area contributed by atoms with Gasteiger partial charge in [0.2, 0.25) is 5.69 Å². The largest absolute Gasteiger partial charge is 0.348 e. The van der Waals surface area contributed by atoms with Gasteiger partial charge in [0.05, 0.1) is 5.69 Å². The third-order valence-corrected chi connectivity index (χ3v) is 4.72. The van der Waals surface area contributed by atoms with Crippen LogP contribution in [0.4, 0.5) is 5.82 Å².